The summed E-state index contributed by atoms with van der Waals surface area (Å²) in [6, 6.07) is 11.2. The maximum Gasteiger partial charge on any atom is 0.417 e. The molecule has 0 bridgehead atoms. The quantitative estimate of drug-likeness (QED) is 0.521. The monoisotopic (exact) mass is 401 g/mol. The summed E-state index contributed by atoms with van der Waals surface area (Å²) in [7, 11) is 1.75. The maximum atomic E-state index is 12.9. The Labute approximate surface area is 156 Å². The van der Waals surface area contributed by atoms with Crippen LogP contribution in [0.5, 0.6) is 0 Å². The van der Waals surface area contributed by atoms with Crippen LogP contribution in [0.1, 0.15) is 5.56 Å². The molecule has 0 atom stereocenters. The van der Waals surface area contributed by atoms with Crippen molar-refractivity contribution < 1.29 is 13.2 Å². The molecule has 3 rings (SSSR count). The van der Waals surface area contributed by atoms with E-state index in [2.05, 4.69) is 5.10 Å². The normalized spacial score (nSPS) is 11.7. The second kappa shape index (κ2) is 6.86. The van der Waals surface area contributed by atoms with Crippen LogP contribution in [0.2, 0.25) is 5.02 Å². The van der Waals surface area contributed by atoms with Gasteiger partial charge in [-0.25, -0.2) is 4.68 Å². The molecular weight excluding hydrogens is 391 g/mol. The van der Waals surface area contributed by atoms with E-state index in [9.17, 15) is 13.2 Å². The second-order valence-corrected chi connectivity index (χ2v) is 7.06. The maximum absolute atomic E-state index is 12.9. The summed E-state index contributed by atoms with van der Waals surface area (Å²) in [6.07, 6.45) is -2.87. The lowest BCUT2D eigenvalue weighted by Crippen LogP contribution is -2.05. The first-order valence-corrected chi connectivity index (χ1v) is 8.61. The molecule has 0 radical (unpaired) electrons. The third-order valence-electron chi connectivity index (χ3n) is 3.42. The van der Waals surface area contributed by atoms with Gasteiger partial charge in [0.1, 0.15) is 6.33 Å². The van der Waals surface area contributed by atoms with Gasteiger partial charge in [0.05, 0.1) is 10.6 Å². The van der Waals surface area contributed by atoms with Crippen molar-refractivity contribution in [3.8, 4) is 5.69 Å². The first-order valence-electron chi connectivity index (χ1n) is 7.01. The van der Waals surface area contributed by atoms with Crippen molar-refractivity contribution in [2.24, 2.45) is 7.05 Å². The van der Waals surface area contributed by atoms with Gasteiger partial charge in [-0.05, 0) is 54.7 Å². The number of benzene rings is 2. The molecule has 3 aromatic rings. The molecule has 0 amide bonds. The Kier molecular flexibility index (Phi) is 4.95. The number of rotatable bonds is 3. The molecule has 130 valence electrons. The summed E-state index contributed by atoms with van der Waals surface area (Å²) in [4.78, 5) is 1.26. The lowest BCUT2D eigenvalue weighted by Gasteiger charge is -2.11. The molecule has 0 fully saturated rings. The molecule has 1 heterocycles. The third-order valence-corrected chi connectivity index (χ3v) is 5.21. The number of hydrogen-bond acceptors (Lipinski definition) is 3. The second-order valence-electron chi connectivity index (χ2n) is 5.14. The smallest absolute Gasteiger partial charge is 0.275 e. The summed E-state index contributed by atoms with van der Waals surface area (Å²) >= 11 is 12.1. The fourth-order valence-corrected chi connectivity index (χ4v) is 3.44. The summed E-state index contributed by atoms with van der Waals surface area (Å²) in [5, 5.41) is 3.77. The van der Waals surface area contributed by atoms with Gasteiger partial charge in [0, 0.05) is 22.5 Å². The Morgan fingerprint density at radius 3 is 2.28 bits per heavy atom. The van der Waals surface area contributed by atoms with E-state index in [0.717, 1.165) is 16.6 Å². The van der Waals surface area contributed by atoms with E-state index in [4.69, 9.17) is 23.8 Å². The van der Waals surface area contributed by atoms with Gasteiger partial charge in [0.2, 0.25) is 4.77 Å². The first kappa shape index (κ1) is 18.0. The van der Waals surface area contributed by atoms with Crippen molar-refractivity contribution in [3.63, 3.8) is 0 Å². The Morgan fingerprint density at radius 1 is 1.08 bits per heavy atom. The zero-order chi connectivity index (χ0) is 18.2. The lowest BCUT2D eigenvalue weighted by molar-refractivity contribution is -0.137. The van der Waals surface area contributed by atoms with E-state index in [1.807, 2.05) is 24.3 Å². The molecule has 0 saturated heterocycles. The zero-order valence-corrected chi connectivity index (χ0v) is 15.2. The molecule has 0 spiro atoms. The van der Waals surface area contributed by atoms with Gasteiger partial charge in [-0.3, -0.25) is 4.57 Å². The van der Waals surface area contributed by atoms with E-state index >= 15 is 0 Å². The number of halogens is 4. The van der Waals surface area contributed by atoms with Gasteiger partial charge in [0.25, 0.3) is 0 Å². The largest absolute Gasteiger partial charge is 0.417 e. The molecule has 0 aliphatic carbocycles. The predicted octanol–water partition coefficient (Wildman–Crippen LogP) is 5.76. The van der Waals surface area contributed by atoms with Crippen LogP contribution in [0.25, 0.3) is 5.69 Å². The van der Waals surface area contributed by atoms with Crippen LogP contribution >= 0.6 is 35.6 Å². The van der Waals surface area contributed by atoms with Crippen LogP contribution in [-0.2, 0) is 13.2 Å². The summed E-state index contributed by atoms with van der Waals surface area (Å²) < 4.78 is 42.7. The van der Waals surface area contributed by atoms with E-state index in [-0.39, 0.29) is 5.02 Å². The molecule has 25 heavy (non-hydrogen) atoms. The van der Waals surface area contributed by atoms with Gasteiger partial charge in [0.15, 0.2) is 0 Å². The SMILES string of the molecule is Cn1ncn(-c2ccc(Sc3ccc(Cl)c(C(F)(F)F)c3)cc2)c1=S. The highest BCUT2D eigenvalue weighted by atomic mass is 35.5. The van der Waals surface area contributed by atoms with Gasteiger partial charge < -0.3 is 0 Å². The van der Waals surface area contributed by atoms with Crippen LogP contribution in [0, 0.1) is 4.77 Å². The summed E-state index contributed by atoms with van der Waals surface area (Å²) in [6.45, 7) is 0. The standard InChI is InChI=1S/C16H11ClF3N3S2/c1-22-15(24)23(9-21-22)10-2-4-11(5-3-10)25-12-6-7-14(17)13(8-12)16(18,19)20/h2-9H,1H3. The zero-order valence-electron chi connectivity index (χ0n) is 12.8. The summed E-state index contributed by atoms with van der Waals surface area (Å²) in [5.41, 5.74) is -0.00742. The Morgan fingerprint density at radius 2 is 1.72 bits per heavy atom. The minimum Gasteiger partial charge on any atom is -0.275 e. The molecule has 1 aromatic heterocycles. The van der Waals surface area contributed by atoms with Crippen LogP contribution < -0.4 is 0 Å². The van der Waals surface area contributed by atoms with Crippen molar-refractivity contribution in [1.29, 1.82) is 0 Å². The molecule has 3 nitrogen and oxygen atoms in total. The Hall–Kier alpha value is -1.77. The number of alkyl halides is 3. The molecule has 0 unspecified atom stereocenters. The highest BCUT2D eigenvalue weighted by Gasteiger charge is 2.33. The topological polar surface area (TPSA) is 22.8 Å². The highest BCUT2D eigenvalue weighted by Crippen LogP contribution is 2.38. The minimum absolute atomic E-state index is 0.307. The molecule has 0 saturated carbocycles. The van der Waals surface area contributed by atoms with E-state index in [0.29, 0.717) is 9.67 Å². The number of aryl methyl sites for hydroxylation is 1. The lowest BCUT2D eigenvalue weighted by atomic mass is 10.2. The van der Waals surface area contributed by atoms with Gasteiger partial charge in [-0.15, -0.1) is 0 Å². The molecular formula is C16H11ClF3N3S2. The first-order chi connectivity index (χ1) is 11.8. The van der Waals surface area contributed by atoms with Crippen LogP contribution in [0.3, 0.4) is 0 Å². The van der Waals surface area contributed by atoms with E-state index in [1.54, 1.807) is 28.7 Å². The van der Waals surface area contributed by atoms with Crippen molar-refractivity contribution >= 4 is 35.6 Å². The molecule has 9 heteroatoms. The van der Waals surface area contributed by atoms with Gasteiger partial charge in [-0.1, -0.05) is 23.4 Å². The van der Waals surface area contributed by atoms with Crippen molar-refractivity contribution in [2.45, 2.75) is 16.0 Å². The van der Waals surface area contributed by atoms with Crippen LogP contribution in [-0.4, -0.2) is 14.3 Å². The molecule has 0 N–H and O–H groups in total. The van der Waals surface area contributed by atoms with Crippen molar-refractivity contribution in [1.82, 2.24) is 14.3 Å². The Bertz CT molecular complexity index is 962. The van der Waals surface area contributed by atoms with E-state index < -0.39 is 11.7 Å². The molecule has 0 aliphatic heterocycles. The number of hydrogen-bond donors (Lipinski definition) is 0. The van der Waals surface area contributed by atoms with Crippen LogP contribution in [0.4, 0.5) is 13.2 Å². The Balaban J connectivity index is 1.85. The average molecular weight is 402 g/mol. The fraction of sp³-hybridized carbons (Fsp3) is 0.125. The highest BCUT2D eigenvalue weighted by molar-refractivity contribution is 7.99. The molecule has 0 aliphatic rings. The average Bonchev–Trinajstić information content (AvgIpc) is 2.89. The van der Waals surface area contributed by atoms with Crippen LogP contribution in [0.15, 0.2) is 58.6 Å². The molecule has 2 aromatic carbocycles. The third kappa shape index (κ3) is 3.91. The van der Waals surface area contributed by atoms with E-state index in [1.165, 1.54) is 17.8 Å². The summed E-state index contributed by atoms with van der Waals surface area (Å²) in [5.74, 6) is 0. The number of nitrogens with zero attached hydrogens (tertiary/aromatic N) is 3. The van der Waals surface area contributed by atoms with Gasteiger partial charge >= 0.3 is 6.18 Å². The predicted molar refractivity (Wildman–Crippen MR) is 93.9 cm³/mol. The minimum atomic E-state index is -4.48. The van der Waals surface area contributed by atoms with Gasteiger partial charge in [-0.2, -0.15) is 18.3 Å². The fourth-order valence-electron chi connectivity index (χ4n) is 2.16. The van der Waals surface area contributed by atoms with Crippen molar-refractivity contribution in [2.75, 3.05) is 0 Å². The van der Waals surface area contributed by atoms with Crippen molar-refractivity contribution in [3.05, 3.63) is 64.1 Å². The number of aromatic nitrogens is 3.